The Morgan fingerprint density at radius 3 is 2.60 bits per heavy atom. The molecule has 2 rings (SSSR count). The van der Waals surface area contributed by atoms with E-state index in [0.29, 0.717) is 6.54 Å². The Morgan fingerprint density at radius 1 is 1.40 bits per heavy atom. The van der Waals surface area contributed by atoms with E-state index in [1.165, 1.54) is 12.1 Å². The van der Waals surface area contributed by atoms with E-state index in [4.69, 9.17) is 5.73 Å². The van der Waals surface area contributed by atoms with Gasteiger partial charge in [-0.25, -0.2) is 8.78 Å². The van der Waals surface area contributed by atoms with Gasteiger partial charge in [0.05, 0.1) is 11.5 Å². The van der Waals surface area contributed by atoms with Crippen LogP contribution in [0.3, 0.4) is 0 Å². The molecule has 20 heavy (non-hydrogen) atoms. The molecule has 0 aliphatic heterocycles. The Morgan fingerprint density at radius 2 is 2.05 bits per heavy atom. The van der Waals surface area contributed by atoms with E-state index in [2.05, 4.69) is 5.32 Å². The first-order chi connectivity index (χ1) is 9.48. The van der Waals surface area contributed by atoms with Gasteiger partial charge in [-0.05, 0) is 25.8 Å². The highest BCUT2D eigenvalue weighted by Crippen LogP contribution is 2.37. The normalized spacial score (nSPS) is 18.8. The molecule has 1 aliphatic carbocycles. The Bertz CT molecular complexity index is 499. The van der Waals surface area contributed by atoms with Crippen molar-refractivity contribution in [1.82, 2.24) is 5.32 Å². The zero-order chi connectivity index (χ0) is 14.8. The molecule has 1 aromatic rings. The molecule has 1 fully saturated rings. The fourth-order valence-corrected chi connectivity index (χ4v) is 2.86. The van der Waals surface area contributed by atoms with E-state index >= 15 is 0 Å². The van der Waals surface area contributed by atoms with Crippen molar-refractivity contribution < 1.29 is 13.6 Å². The molecule has 1 aliphatic rings. The molecule has 110 valence electrons. The monoisotopic (exact) mass is 282 g/mol. The van der Waals surface area contributed by atoms with Crippen LogP contribution in [-0.4, -0.2) is 12.5 Å². The van der Waals surface area contributed by atoms with Crippen LogP contribution in [0.1, 0.15) is 44.2 Å². The fourth-order valence-electron chi connectivity index (χ4n) is 2.86. The SMILES string of the molecule is CC(NC(=O)C1(CN)CCCC1)c1ccc(F)cc1F. The number of hydrogen-bond donors (Lipinski definition) is 2. The summed E-state index contributed by atoms with van der Waals surface area (Å²) in [5.41, 5.74) is 5.51. The second kappa shape index (κ2) is 5.87. The van der Waals surface area contributed by atoms with E-state index < -0.39 is 23.1 Å². The molecule has 0 bridgehead atoms. The Balaban J connectivity index is 2.10. The number of nitrogens with one attached hydrogen (secondary N) is 1. The van der Waals surface area contributed by atoms with E-state index in [9.17, 15) is 13.6 Å². The molecule has 1 atom stereocenters. The van der Waals surface area contributed by atoms with E-state index in [1.54, 1.807) is 6.92 Å². The second-order valence-electron chi connectivity index (χ2n) is 5.55. The maximum Gasteiger partial charge on any atom is 0.227 e. The molecule has 5 heteroatoms. The minimum absolute atomic E-state index is 0.131. The molecule has 0 radical (unpaired) electrons. The number of amides is 1. The molecule has 1 amide bonds. The topological polar surface area (TPSA) is 55.1 Å². The van der Waals surface area contributed by atoms with Crippen LogP contribution in [-0.2, 0) is 4.79 Å². The molecule has 3 nitrogen and oxygen atoms in total. The largest absolute Gasteiger partial charge is 0.349 e. The molecular weight excluding hydrogens is 262 g/mol. The van der Waals surface area contributed by atoms with Gasteiger partial charge >= 0.3 is 0 Å². The minimum atomic E-state index is -0.647. The maximum atomic E-state index is 13.7. The van der Waals surface area contributed by atoms with Gasteiger partial charge in [0, 0.05) is 18.2 Å². The summed E-state index contributed by atoms with van der Waals surface area (Å²) in [6.45, 7) is 1.99. The van der Waals surface area contributed by atoms with Gasteiger partial charge in [-0.15, -0.1) is 0 Å². The number of nitrogens with two attached hydrogens (primary N) is 1. The lowest BCUT2D eigenvalue weighted by Gasteiger charge is -2.28. The summed E-state index contributed by atoms with van der Waals surface area (Å²) in [7, 11) is 0. The number of hydrogen-bond acceptors (Lipinski definition) is 2. The third-order valence-corrected chi connectivity index (χ3v) is 4.21. The zero-order valence-electron chi connectivity index (χ0n) is 11.6. The smallest absolute Gasteiger partial charge is 0.227 e. The van der Waals surface area contributed by atoms with Crippen molar-refractivity contribution in [3.8, 4) is 0 Å². The van der Waals surface area contributed by atoms with Gasteiger partial charge < -0.3 is 11.1 Å². The molecule has 0 saturated heterocycles. The van der Waals surface area contributed by atoms with Gasteiger partial charge in [-0.2, -0.15) is 0 Å². The van der Waals surface area contributed by atoms with Crippen LogP contribution in [0, 0.1) is 17.0 Å². The van der Waals surface area contributed by atoms with Crippen LogP contribution in [0.5, 0.6) is 0 Å². The Kier molecular flexibility index (Phi) is 4.38. The molecule has 3 N–H and O–H groups in total. The van der Waals surface area contributed by atoms with Crippen molar-refractivity contribution in [2.45, 2.75) is 38.6 Å². The van der Waals surface area contributed by atoms with Crippen LogP contribution in [0.4, 0.5) is 8.78 Å². The van der Waals surface area contributed by atoms with Crippen LogP contribution in [0.2, 0.25) is 0 Å². The summed E-state index contributed by atoms with van der Waals surface area (Å²) in [5.74, 6) is -1.40. The number of benzene rings is 1. The minimum Gasteiger partial charge on any atom is -0.349 e. The predicted molar refractivity (Wildman–Crippen MR) is 72.9 cm³/mol. The zero-order valence-corrected chi connectivity index (χ0v) is 11.6. The third kappa shape index (κ3) is 2.82. The summed E-state index contributed by atoms with van der Waals surface area (Å²) in [5, 5.41) is 2.81. The predicted octanol–water partition coefficient (Wildman–Crippen LogP) is 2.66. The highest BCUT2D eigenvalue weighted by atomic mass is 19.1. The summed E-state index contributed by atoms with van der Waals surface area (Å²) in [6, 6.07) is 2.87. The first-order valence-corrected chi connectivity index (χ1v) is 6.94. The Hall–Kier alpha value is -1.49. The van der Waals surface area contributed by atoms with Gasteiger partial charge in [0.15, 0.2) is 0 Å². The molecular formula is C15H20F2N2O. The van der Waals surface area contributed by atoms with Crippen LogP contribution < -0.4 is 11.1 Å². The standard InChI is InChI=1S/C15H20F2N2O/c1-10(12-5-4-11(16)8-13(12)17)19-14(20)15(9-18)6-2-3-7-15/h4-5,8,10H,2-3,6-7,9,18H2,1H3,(H,19,20). The molecule has 1 unspecified atom stereocenters. The highest BCUT2D eigenvalue weighted by molar-refractivity contribution is 5.83. The van der Waals surface area contributed by atoms with Crippen molar-refractivity contribution in [2.75, 3.05) is 6.54 Å². The van der Waals surface area contributed by atoms with Gasteiger partial charge in [-0.3, -0.25) is 4.79 Å². The maximum absolute atomic E-state index is 13.7. The van der Waals surface area contributed by atoms with Gasteiger partial charge in [0.2, 0.25) is 5.91 Å². The van der Waals surface area contributed by atoms with Crippen molar-refractivity contribution >= 4 is 5.91 Å². The van der Waals surface area contributed by atoms with Crippen LogP contribution in [0.25, 0.3) is 0 Å². The molecule has 0 spiro atoms. The van der Waals surface area contributed by atoms with E-state index in [-0.39, 0.29) is 11.5 Å². The highest BCUT2D eigenvalue weighted by Gasteiger charge is 2.40. The van der Waals surface area contributed by atoms with Gasteiger partial charge in [0.25, 0.3) is 0 Å². The lowest BCUT2D eigenvalue weighted by Crippen LogP contribution is -2.45. The third-order valence-electron chi connectivity index (χ3n) is 4.21. The molecule has 1 saturated carbocycles. The summed E-state index contributed by atoms with van der Waals surface area (Å²) in [6.07, 6.45) is 3.52. The van der Waals surface area contributed by atoms with Crippen LogP contribution >= 0.6 is 0 Å². The van der Waals surface area contributed by atoms with E-state index in [0.717, 1.165) is 31.7 Å². The first kappa shape index (κ1) is 14.9. The fraction of sp³-hybridized carbons (Fsp3) is 0.533. The van der Waals surface area contributed by atoms with Crippen molar-refractivity contribution in [3.63, 3.8) is 0 Å². The number of halogens is 2. The Labute approximate surface area is 117 Å². The molecule has 1 aromatic carbocycles. The quantitative estimate of drug-likeness (QED) is 0.892. The summed E-state index contributed by atoms with van der Waals surface area (Å²) in [4.78, 5) is 12.4. The van der Waals surface area contributed by atoms with E-state index in [1.807, 2.05) is 0 Å². The number of carbonyl (C=O) groups excluding carboxylic acids is 1. The number of carbonyl (C=O) groups is 1. The second-order valence-corrected chi connectivity index (χ2v) is 5.55. The first-order valence-electron chi connectivity index (χ1n) is 6.94. The van der Waals surface area contributed by atoms with Gasteiger partial charge in [-0.1, -0.05) is 18.9 Å². The van der Waals surface area contributed by atoms with Crippen molar-refractivity contribution in [3.05, 3.63) is 35.4 Å². The summed E-state index contributed by atoms with van der Waals surface area (Å²) < 4.78 is 26.6. The van der Waals surface area contributed by atoms with Crippen molar-refractivity contribution in [2.24, 2.45) is 11.1 Å². The average molecular weight is 282 g/mol. The lowest BCUT2D eigenvalue weighted by atomic mass is 9.85. The molecule has 0 heterocycles. The summed E-state index contributed by atoms with van der Waals surface area (Å²) >= 11 is 0. The lowest BCUT2D eigenvalue weighted by molar-refractivity contribution is -0.131. The number of rotatable bonds is 4. The van der Waals surface area contributed by atoms with Crippen molar-refractivity contribution in [1.29, 1.82) is 0 Å². The van der Waals surface area contributed by atoms with Crippen LogP contribution in [0.15, 0.2) is 18.2 Å². The average Bonchev–Trinajstić information content (AvgIpc) is 2.88. The molecule has 0 aromatic heterocycles. The van der Waals surface area contributed by atoms with Gasteiger partial charge in [0.1, 0.15) is 11.6 Å².